The third-order valence-electron chi connectivity index (χ3n) is 3.35. The van der Waals surface area contributed by atoms with Crippen LogP contribution in [0.5, 0.6) is 0 Å². The minimum atomic E-state index is 0.783. The Morgan fingerprint density at radius 3 is 2.79 bits per heavy atom. The lowest BCUT2D eigenvalue weighted by molar-refractivity contribution is 0.114. The molecule has 0 bridgehead atoms. The first-order chi connectivity index (χ1) is 6.88. The largest absolute Gasteiger partial charge is 0.375 e. The molecule has 0 aromatic carbocycles. The average molecular weight is 197 g/mol. The smallest absolute Gasteiger partial charge is 0.0997 e. The van der Waals surface area contributed by atoms with Gasteiger partial charge in [0.2, 0.25) is 0 Å². The molecule has 1 aliphatic carbocycles. The van der Waals surface area contributed by atoms with Crippen molar-refractivity contribution in [1.29, 1.82) is 0 Å². The highest BCUT2D eigenvalue weighted by molar-refractivity contribution is 4.90. The van der Waals surface area contributed by atoms with E-state index in [-0.39, 0.29) is 0 Å². The Kier molecular flexibility index (Phi) is 6.25. The summed E-state index contributed by atoms with van der Waals surface area (Å²) in [6, 6.07) is 0. The van der Waals surface area contributed by atoms with Gasteiger partial charge in [0.15, 0.2) is 0 Å². The van der Waals surface area contributed by atoms with Crippen LogP contribution in [0.2, 0.25) is 0 Å². The highest BCUT2D eigenvalue weighted by Gasteiger charge is 2.24. The van der Waals surface area contributed by atoms with Crippen molar-refractivity contribution in [2.75, 3.05) is 7.11 Å². The molecule has 0 amide bonds. The fourth-order valence-electron chi connectivity index (χ4n) is 2.45. The summed E-state index contributed by atoms with van der Waals surface area (Å²) < 4.78 is 5.48. The molecule has 1 radical (unpaired) electrons. The van der Waals surface area contributed by atoms with Crippen molar-refractivity contribution >= 4 is 0 Å². The summed E-state index contributed by atoms with van der Waals surface area (Å²) in [6.45, 7) is 2.27. The van der Waals surface area contributed by atoms with Crippen LogP contribution in [0.15, 0.2) is 0 Å². The van der Waals surface area contributed by atoms with Crippen molar-refractivity contribution in [2.24, 2.45) is 5.92 Å². The number of methoxy groups -OCH3 is 1. The predicted molar refractivity (Wildman–Crippen MR) is 61.0 cm³/mol. The second-order valence-electron chi connectivity index (χ2n) is 4.46. The van der Waals surface area contributed by atoms with Crippen LogP contribution >= 0.6 is 0 Å². The highest BCUT2D eigenvalue weighted by atomic mass is 16.5. The average Bonchev–Trinajstić information content (AvgIpc) is 2.25. The maximum Gasteiger partial charge on any atom is 0.0997 e. The molecule has 0 aromatic rings. The molecule has 0 saturated heterocycles. The van der Waals surface area contributed by atoms with Crippen molar-refractivity contribution in [3.8, 4) is 0 Å². The van der Waals surface area contributed by atoms with Crippen LogP contribution in [0.1, 0.15) is 64.7 Å². The Morgan fingerprint density at radius 2 is 2.07 bits per heavy atom. The molecule has 1 nitrogen and oxygen atoms in total. The van der Waals surface area contributed by atoms with Crippen molar-refractivity contribution < 1.29 is 4.74 Å². The highest BCUT2D eigenvalue weighted by Crippen LogP contribution is 2.35. The molecule has 1 unspecified atom stereocenters. The molecule has 1 heteroatoms. The van der Waals surface area contributed by atoms with Crippen LogP contribution in [-0.2, 0) is 4.74 Å². The normalized spacial score (nSPS) is 24.0. The third-order valence-corrected chi connectivity index (χ3v) is 3.35. The molecule has 1 atom stereocenters. The van der Waals surface area contributed by atoms with Gasteiger partial charge in [-0.25, -0.2) is 0 Å². The number of unbranched alkanes of at least 4 members (excludes halogenated alkanes) is 3. The fourth-order valence-corrected chi connectivity index (χ4v) is 2.45. The van der Waals surface area contributed by atoms with Gasteiger partial charge in [0.25, 0.3) is 0 Å². The zero-order valence-electron chi connectivity index (χ0n) is 9.85. The lowest BCUT2D eigenvalue weighted by Crippen LogP contribution is -2.18. The summed E-state index contributed by atoms with van der Waals surface area (Å²) in [5.41, 5.74) is 0. The molecule has 0 aliphatic heterocycles. The van der Waals surface area contributed by atoms with Crippen molar-refractivity contribution in [3.63, 3.8) is 0 Å². The molecule has 14 heavy (non-hydrogen) atoms. The molecule has 0 aromatic heterocycles. The van der Waals surface area contributed by atoms with Gasteiger partial charge < -0.3 is 4.74 Å². The first-order valence-electron chi connectivity index (χ1n) is 6.28. The maximum atomic E-state index is 5.48. The maximum absolute atomic E-state index is 5.48. The van der Waals surface area contributed by atoms with Crippen molar-refractivity contribution in [3.05, 3.63) is 6.10 Å². The Bertz CT molecular complexity index is 133. The second-order valence-corrected chi connectivity index (χ2v) is 4.46. The van der Waals surface area contributed by atoms with Gasteiger partial charge in [-0.1, -0.05) is 45.4 Å². The Hall–Kier alpha value is -0.0400. The Labute approximate surface area is 89.2 Å². The van der Waals surface area contributed by atoms with Gasteiger partial charge in [0, 0.05) is 7.11 Å². The third kappa shape index (κ3) is 4.00. The first kappa shape index (κ1) is 12.0. The van der Waals surface area contributed by atoms with E-state index in [0.29, 0.717) is 0 Å². The van der Waals surface area contributed by atoms with E-state index in [1.807, 2.05) is 7.11 Å². The van der Waals surface area contributed by atoms with E-state index < -0.39 is 0 Å². The zero-order chi connectivity index (χ0) is 10.2. The number of hydrogen-bond donors (Lipinski definition) is 0. The van der Waals surface area contributed by atoms with Gasteiger partial charge in [0.1, 0.15) is 0 Å². The van der Waals surface area contributed by atoms with E-state index in [2.05, 4.69) is 6.92 Å². The van der Waals surface area contributed by atoms with Crippen LogP contribution < -0.4 is 0 Å². The summed E-state index contributed by atoms with van der Waals surface area (Å²) in [5.74, 6) is 0.783. The molecule has 1 aliphatic rings. The second kappa shape index (κ2) is 7.28. The zero-order valence-corrected chi connectivity index (χ0v) is 9.85. The molecule has 1 fully saturated rings. The quantitative estimate of drug-likeness (QED) is 0.576. The Balaban J connectivity index is 2.13. The van der Waals surface area contributed by atoms with Crippen LogP contribution in [0.4, 0.5) is 0 Å². The van der Waals surface area contributed by atoms with Gasteiger partial charge in [-0.15, -0.1) is 0 Å². The minimum Gasteiger partial charge on any atom is -0.375 e. The lowest BCUT2D eigenvalue weighted by Gasteiger charge is -2.29. The van der Waals surface area contributed by atoms with Crippen LogP contribution in [0.3, 0.4) is 0 Å². The van der Waals surface area contributed by atoms with Crippen molar-refractivity contribution in [2.45, 2.75) is 64.7 Å². The number of ether oxygens (including phenoxy) is 1. The monoisotopic (exact) mass is 197 g/mol. The SMILES string of the molecule is CCCCCCC1CCCC[C]1OC. The summed E-state index contributed by atoms with van der Waals surface area (Å²) in [6.07, 6.45) is 13.6. The molecule has 1 saturated carbocycles. The van der Waals surface area contributed by atoms with E-state index in [1.54, 1.807) is 0 Å². The molecular formula is C13H25O. The van der Waals surface area contributed by atoms with Gasteiger partial charge in [-0.2, -0.15) is 0 Å². The first-order valence-corrected chi connectivity index (χ1v) is 6.28. The molecular weight excluding hydrogens is 172 g/mol. The molecule has 0 spiro atoms. The minimum absolute atomic E-state index is 0.783. The molecule has 83 valence electrons. The van der Waals surface area contributed by atoms with E-state index >= 15 is 0 Å². The lowest BCUT2D eigenvalue weighted by atomic mass is 9.83. The van der Waals surface area contributed by atoms with Crippen molar-refractivity contribution in [1.82, 2.24) is 0 Å². The molecule has 1 rings (SSSR count). The van der Waals surface area contributed by atoms with Crippen LogP contribution in [-0.4, -0.2) is 7.11 Å². The standard InChI is InChI=1S/C13H25O/c1-3-4-5-6-9-12-10-7-8-11-13(12)14-2/h12H,3-11H2,1-2H3. The van der Waals surface area contributed by atoms with Gasteiger partial charge >= 0.3 is 0 Å². The Morgan fingerprint density at radius 1 is 1.21 bits per heavy atom. The fraction of sp³-hybridized carbons (Fsp3) is 0.923. The van der Waals surface area contributed by atoms with E-state index in [4.69, 9.17) is 4.74 Å². The van der Waals surface area contributed by atoms with E-state index in [1.165, 1.54) is 63.9 Å². The van der Waals surface area contributed by atoms with Gasteiger partial charge in [-0.3, -0.25) is 0 Å². The van der Waals surface area contributed by atoms with Crippen LogP contribution in [0.25, 0.3) is 0 Å². The molecule has 0 heterocycles. The summed E-state index contributed by atoms with van der Waals surface area (Å²) in [5, 5.41) is 0. The summed E-state index contributed by atoms with van der Waals surface area (Å²) in [4.78, 5) is 0. The van der Waals surface area contributed by atoms with Gasteiger partial charge in [-0.05, 0) is 25.2 Å². The van der Waals surface area contributed by atoms with E-state index in [9.17, 15) is 0 Å². The predicted octanol–water partition coefficient (Wildman–Crippen LogP) is 4.33. The van der Waals surface area contributed by atoms with Crippen LogP contribution in [0, 0.1) is 12.0 Å². The summed E-state index contributed by atoms with van der Waals surface area (Å²) in [7, 11) is 1.85. The molecule has 0 N–H and O–H groups in total. The topological polar surface area (TPSA) is 9.23 Å². The number of hydrogen-bond acceptors (Lipinski definition) is 1. The number of rotatable bonds is 6. The summed E-state index contributed by atoms with van der Waals surface area (Å²) >= 11 is 0. The van der Waals surface area contributed by atoms with E-state index in [0.717, 1.165) is 5.92 Å². The van der Waals surface area contributed by atoms with Gasteiger partial charge in [0.05, 0.1) is 6.10 Å².